The van der Waals surface area contributed by atoms with Gasteiger partial charge in [0.2, 0.25) is 0 Å². The first-order valence-corrected chi connectivity index (χ1v) is 6.18. The highest BCUT2D eigenvalue weighted by Crippen LogP contribution is 2.39. The van der Waals surface area contributed by atoms with E-state index in [1.165, 1.54) is 0 Å². The van der Waals surface area contributed by atoms with Gasteiger partial charge in [0, 0.05) is 19.0 Å². The molecule has 1 aromatic rings. The fourth-order valence-corrected chi connectivity index (χ4v) is 1.64. The zero-order valence-electron chi connectivity index (χ0n) is 11.1. The van der Waals surface area contributed by atoms with E-state index in [9.17, 15) is 5.11 Å². The number of nitrogens with zero attached hydrogens (tertiary/aromatic N) is 3. The van der Waals surface area contributed by atoms with Crippen LogP contribution < -0.4 is 16.2 Å². The van der Waals surface area contributed by atoms with Crippen LogP contribution in [0.5, 0.6) is 0 Å². The predicted molar refractivity (Wildman–Crippen MR) is 71.4 cm³/mol. The van der Waals surface area contributed by atoms with E-state index in [-0.39, 0.29) is 12.1 Å². The Bertz CT molecular complexity index is 430. The molecule has 1 fully saturated rings. The second-order valence-electron chi connectivity index (χ2n) is 5.42. The van der Waals surface area contributed by atoms with Crippen LogP contribution in [0, 0.1) is 0 Å². The third-order valence-electron chi connectivity index (χ3n) is 3.46. The standard InChI is InChI=1S/C12H21N5O/c1-12(2,7-18)17(3)10-6-9(16-13)14-11(15-10)8-4-5-8/h6,8,18H,4-5,7,13H2,1-3H3,(H,14,15,16). The molecule has 2 rings (SSSR count). The van der Waals surface area contributed by atoms with E-state index in [0.29, 0.717) is 11.7 Å². The van der Waals surface area contributed by atoms with Crippen LogP contribution in [0.4, 0.5) is 11.6 Å². The number of hydrogen-bond acceptors (Lipinski definition) is 6. The summed E-state index contributed by atoms with van der Waals surface area (Å²) in [5.41, 5.74) is 2.20. The lowest BCUT2D eigenvalue weighted by Gasteiger charge is -2.35. The molecule has 0 aromatic carbocycles. The lowest BCUT2D eigenvalue weighted by Crippen LogP contribution is -2.45. The second-order valence-corrected chi connectivity index (χ2v) is 5.42. The first-order valence-electron chi connectivity index (χ1n) is 6.18. The Balaban J connectivity index is 2.34. The van der Waals surface area contributed by atoms with E-state index in [4.69, 9.17) is 5.84 Å². The Morgan fingerprint density at radius 1 is 1.50 bits per heavy atom. The van der Waals surface area contributed by atoms with Gasteiger partial charge < -0.3 is 15.4 Å². The van der Waals surface area contributed by atoms with Crippen LogP contribution in [0.15, 0.2) is 6.07 Å². The van der Waals surface area contributed by atoms with Gasteiger partial charge in [-0.15, -0.1) is 0 Å². The first-order chi connectivity index (χ1) is 8.47. The van der Waals surface area contributed by atoms with E-state index in [1.807, 2.05) is 25.8 Å². The van der Waals surface area contributed by atoms with Gasteiger partial charge in [0.15, 0.2) is 0 Å². The van der Waals surface area contributed by atoms with Crippen LogP contribution in [0.25, 0.3) is 0 Å². The molecule has 0 spiro atoms. The van der Waals surface area contributed by atoms with Crippen molar-refractivity contribution in [2.45, 2.75) is 38.1 Å². The summed E-state index contributed by atoms with van der Waals surface area (Å²) in [4.78, 5) is 10.9. The van der Waals surface area contributed by atoms with Gasteiger partial charge in [-0.1, -0.05) is 0 Å². The summed E-state index contributed by atoms with van der Waals surface area (Å²) in [6.07, 6.45) is 2.28. The van der Waals surface area contributed by atoms with Crippen molar-refractivity contribution in [2.24, 2.45) is 5.84 Å². The summed E-state index contributed by atoms with van der Waals surface area (Å²) in [7, 11) is 1.91. The van der Waals surface area contributed by atoms with Crippen molar-refractivity contribution in [3.63, 3.8) is 0 Å². The Morgan fingerprint density at radius 2 is 2.17 bits per heavy atom. The lowest BCUT2D eigenvalue weighted by atomic mass is 10.1. The minimum Gasteiger partial charge on any atom is -0.394 e. The molecule has 0 saturated heterocycles. The minimum atomic E-state index is -0.374. The summed E-state index contributed by atoms with van der Waals surface area (Å²) in [6, 6.07) is 1.79. The van der Waals surface area contributed by atoms with Gasteiger partial charge in [0.1, 0.15) is 17.5 Å². The van der Waals surface area contributed by atoms with E-state index < -0.39 is 0 Å². The number of nitrogens with one attached hydrogen (secondary N) is 1. The van der Waals surface area contributed by atoms with E-state index in [1.54, 1.807) is 6.07 Å². The lowest BCUT2D eigenvalue weighted by molar-refractivity contribution is 0.215. The van der Waals surface area contributed by atoms with E-state index in [2.05, 4.69) is 15.4 Å². The molecular weight excluding hydrogens is 230 g/mol. The Hall–Kier alpha value is -1.40. The van der Waals surface area contributed by atoms with Crippen molar-refractivity contribution >= 4 is 11.6 Å². The molecule has 1 saturated carbocycles. The summed E-state index contributed by atoms with van der Waals surface area (Å²) < 4.78 is 0. The number of hydrogen-bond donors (Lipinski definition) is 3. The van der Waals surface area contributed by atoms with Gasteiger partial charge in [-0.25, -0.2) is 15.8 Å². The number of aliphatic hydroxyl groups excluding tert-OH is 1. The number of nitrogen functional groups attached to an aromatic ring is 1. The van der Waals surface area contributed by atoms with Crippen molar-refractivity contribution in [3.8, 4) is 0 Å². The SMILES string of the molecule is CN(c1cc(NN)nc(C2CC2)n1)C(C)(C)CO. The molecule has 1 aliphatic carbocycles. The Morgan fingerprint density at radius 3 is 2.67 bits per heavy atom. The monoisotopic (exact) mass is 251 g/mol. The topological polar surface area (TPSA) is 87.3 Å². The number of likely N-dealkylation sites (N-methyl/N-ethyl adjacent to an activating group) is 1. The molecule has 0 unspecified atom stereocenters. The number of nitrogens with two attached hydrogens (primary N) is 1. The van der Waals surface area contributed by atoms with E-state index >= 15 is 0 Å². The Kier molecular flexibility index (Phi) is 3.41. The zero-order valence-corrected chi connectivity index (χ0v) is 11.1. The average Bonchev–Trinajstić information content (AvgIpc) is 3.21. The smallest absolute Gasteiger partial charge is 0.145 e. The molecule has 1 aliphatic rings. The molecule has 0 aliphatic heterocycles. The number of aromatic nitrogens is 2. The Labute approximate surface area is 107 Å². The summed E-state index contributed by atoms with van der Waals surface area (Å²) in [5.74, 6) is 8.13. The maximum absolute atomic E-state index is 9.42. The third kappa shape index (κ3) is 2.54. The molecule has 100 valence electrons. The van der Waals surface area contributed by atoms with Gasteiger partial charge in [0.25, 0.3) is 0 Å². The van der Waals surface area contributed by atoms with Crippen molar-refractivity contribution in [1.29, 1.82) is 0 Å². The van der Waals surface area contributed by atoms with Crippen molar-refractivity contribution in [3.05, 3.63) is 11.9 Å². The first kappa shape index (κ1) is 13.0. The fourth-order valence-electron chi connectivity index (χ4n) is 1.64. The predicted octanol–water partition coefficient (Wildman–Crippen LogP) is 0.847. The van der Waals surface area contributed by atoms with Gasteiger partial charge >= 0.3 is 0 Å². The second kappa shape index (κ2) is 4.70. The quantitative estimate of drug-likeness (QED) is 0.531. The zero-order chi connectivity index (χ0) is 13.3. The van der Waals surface area contributed by atoms with Gasteiger partial charge in [-0.05, 0) is 26.7 Å². The number of anilines is 2. The maximum atomic E-state index is 9.42. The van der Waals surface area contributed by atoms with Crippen molar-refractivity contribution in [2.75, 3.05) is 24.0 Å². The highest BCUT2D eigenvalue weighted by atomic mass is 16.3. The van der Waals surface area contributed by atoms with Crippen molar-refractivity contribution in [1.82, 2.24) is 9.97 Å². The molecule has 1 heterocycles. The number of hydrazine groups is 1. The minimum absolute atomic E-state index is 0.0532. The molecule has 18 heavy (non-hydrogen) atoms. The highest BCUT2D eigenvalue weighted by Gasteiger charge is 2.29. The molecule has 0 amide bonds. The fraction of sp³-hybridized carbons (Fsp3) is 0.667. The molecular formula is C12H21N5O. The van der Waals surface area contributed by atoms with E-state index in [0.717, 1.165) is 24.5 Å². The van der Waals surface area contributed by atoms with Crippen molar-refractivity contribution < 1.29 is 5.11 Å². The van der Waals surface area contributed by atoms with Crippen LogP contribution in [-0.4, -0.2) is 34.3 Å². The molecule has 6 heteroatoms. The molecule has 1 aromatic heterocycles. The van der Waals surface area contributed by atoms with Crippen LogP contribution in [0.2, 0.25) is 0 Å². The van der Waals surface area contributed by atoms with Crippen LogP contribution in [0.1, 0.15) is 38.4 Å². The number of aliphatic hydroxyl groups is 1. The molecule has 0 bridgehead atoms. The summed E-state index contributed by atoms with van der Waals surface area (Å²) in [5, 5.41) is 9.42. The van der Waals surface area contributed by atoms with Crippen LogP contribution in [-0.2, 0) is 0 Å². The average molecular weight is 251 g/mol. The largest absolute Gasteiger partial charge is 0.394 e. The van der Waals surface area contributed by atoms with Gasteiger partial charge in [-0.2, -0.15) is 0 Å². The summed E-state index contributed by atoms with van der Waals surface area (Å²) >= 11 is 0. The van der Waals surface area contributed by atoms with Crippen LogP contribution in [0.3, 0.4) is 0 Å². The normalized spacial score (nSPS) is 15.6. The maximum Gasteiger partial charge on any atom is 0.145 e. The van der Waals surface area contributed by atoms with Gasteiger partial charge in [-0.3, -0.25) is 0 Å². The highest BCUT2D eigenvalue weighted by molar-refractivity contribution is 5.50. The van der Waals surface area contributed by atoms with Crippen LogP contribution >= 0.6 is 0 Å². The molecule has 0 atom stereocenters. The summed E-state index contributed by atoms with van der Waals surface area (Å²) in [6.45, 7) is 3.97. The number of rotatable bonds is 5. The van der Waals surface area contributed by atoms with Gasteiger partial charge in [0.05, 0.1) is 12.1 Å². The third-order valence-corrected chi connectivity index (χ3v) is 3.46. The molecule has 0 radical (unpaired) electrons. The molecule has 6 nitrogen and oxygen atoms in total. The molecule has 4 N–H and O–H groups in total.